The van der Waals surface area contributed by atoms with Crippen molar-refractivity contribution in [1.82, 2.24) is 0 Å². The second-order valence-corrected chi connectivity index (χ2v) is 11.1. The molecule has 0 aliphatic heterocycles. The van der Waals surface area contributed by atoms with Crippen LogP contribution in [-0.4, -0.2) is 171 Å². The number of carbonyl (C=O) groups is 2. The van der Waals surface area contributed by atoms with Crippen LogP contribution in [0.5, 0.6) is 0 Å². The molecule has 0 aromatic heterocycles. The van der Waals surface area contributed by atoms with Gasteiger partial charge in [-0.3, -0.25) is 9.59 Å². The van der Waals surface area contributed by atoms with Gasteiger partial charge < -0.3 is 61.6 Å². The molecule has 0 N–H and O–H groups in total. The molecular formula is C36H70O15. The second-order valence-electron chi connectivity index (χ2n) is 11.1. The molecule has 0 aromatic rings. The third kappa shape index (κ3) is 39.5. The molecule has 15 heteroatoms. The summed E-state index contributed by atoms with van der Waals surface area (Å²) in [4.78, 5) is 23.2. The maximum atomic E-state index is 12.0. The predicted molar refractivity (Wildman–Crippen MR) is 189 cm³/mol. The lowest BCUT2D eigenvalue weighted by atomic mass is 10.00. The molecular weight excluding hydrogens is 672 g/mol. The molecule has 0 bridgehead atoms. The van der Waals surface area contributed by atoms with Gasteiger partial charge in [0, 0.05) is 6.42 Å². The highest BCUT2D eigenvalue weighted by Crippen LogP contribution is 2.14. The van der Waals surface area contributed by atoms with Gasteiger partial charge in [-0.2, -0.15) is 0 Å². The first-order valence-corrected chi connectivity index (χ1v) is 18.8. The monoisotopic (exact) mass is 742 g/mol. The first kappa shape index (κ1) is 49.5. The van der Waals surface area contributed by atoms with E-state index in [1.807, 2.05) is 13.8 Å². The highest BCUT2D eigenvalue weighted by Gasteiger charge is 2.17. The molecule has 0 aliphatic carbocycles. The van der Waals surface area contributed by atoms with Gasteiger partial charge >= 0.3 is 11.9 Å². The van der Waals surface area contributed by atoms with E-state index in [1.165, 1.54) is 0 Å². The van der Waals surface area contributed by atoms with Crippen LogP contribution in [0.25, 0.3) is 0 Å². The van der Waals surface area contributed by atoms with E-state index < -0.39 is 0 Å². The number of carbonyl (C=O) groups excluding carboxylic acids is 2. The van der Waals surface area contributed by atoms with Crippen molar-refractivity contribution in [2.45, 2.75) is 59.3 Å². The van der Waals surface area contributed by atoms with Gasteiger partial charge in [-0.15, -0.1) is 0 Å². The topological polar surface area (TPSA) is 154 Å². The molecule has 0 saturated heterocycles. The van der Waals surface area contributed by atoms with Crippen molar-refractivity contribution in [3.05, 3.63) is 0 Å². The lowest BCUT2D eigenvalue weighted by Crippen LogP contribution is -2.20. The number of rotatable bonds is 43. The summed E-state index contributed by atoms with van der Waals surface area (Å²) in [5.41, 5.74) is 0. The van der Waals surface area contributed by atoms with Gasteiger partial charge in [-0.25, -0.2) is 0 Å². The van der Waals surface area contributed by atoms with Crippen LogP contribution in [0, 0.1) is 5.92 Å². The Morgan fingerprint density at radius 3 is 0.902 bits per heavy atom. The number of hydrogen-bond acceptors (Lipinski definition) is 15. The fraction of sp³-hybridized carbons (Fsp3) is 0.944. The molecule has 15 nitrogen and oxygen atoms in total. The third-order valence-corrected chi connectivity index (χ3v) is 6.87. The van der Waals surface area contributed by atoms with Crippen LogP contribution < -0.4 is 0 Å². The first-order chi connectivity index (χ1) is 25.2. The van der Waals surface area contributed by atoms with Crippen molar-refractivity contribution < 1.29 is 71.2 Å². The van der Waals surface area contributed by atoms with E-state index in [4.69, 9.17) is 61.6 Å². The number of esters is 2. The Morgan fingerprint density at radius 2 is 0.647 bits per heavy atom. The summed E-state index contributed by atoms with van der Waals surface area (Å²) in [6.45, 7) is 17.0. The molecule has 51 heavy (non-hydrogen) atoms. The molecule has 0 spiro atoms. The summed E-state index contributed by atoms with van der Waals surface area (Å²) >= 11 is 0. The Balaban J connectivity index is 3.15. The average molecular weight is 743 g/mol. The van der Waals surface area contributed by atoms with Gasteiger partial charge in [-0.05, 0) is 19.3 Å². The Kier molecular flexibility index (Phi) is 41.6. The SMILES string of the molecule is CCCCC(CC)C(=O)OCCOCCOCCOCCOCCOCCOCCOCCOCCOCCOCCOCCOC(=O)CCC. The summed E-state index contributed by atoms with van der Waals surface area (Å²) in [5, 5.41) is 0. The minimum absolute atomic E-state index is 0.00746. The van der Waals surface area contributed by atoms with Crippen molar-refractivity contribution >= 4 is 11.9 Å². The molecule has 0 amide bonds. The number of hydrogen-bond donors (Lipinski definition) is 0. The Labute approximate surface area is 306 Å². The smallest absolute Gasteiger partial charge is 0.308 e. The van der Waals surface area contributed by atoms with Crippen LogP contribution in [0.3, 0.4) is 0 Å². The van der Waals surface area contributed by atoms with Crippen molar-refractivity contribution in [3.63, 3.8) is 0 Å². The average Bonchev–Trinajstić information content (AvgIpc) is 3.13. The van der Waals surface area contributed by atoms with Gasteiger partial charge in [0.2, 0.25) is 0 Å². The Morgan fingerprint density at radius 1 is 0.373 bits per heavy atom. The molecule has 0 saturated carbocycles. The molecule has 0 rings (SSSR count). The Bertz CT molecular complexity index is 716. The van der Waals surface area contributed by atoms with Gasteiger partial charge in [0.25, 0.3) is 0 Å². The minimum atomic E-state index is -0.191. The zero-order valence-corrected chi connectivity index (χ0v) is 31.9. The predicted octanol–water partition coefficient (Wildman–Crippen LogP) is 3.27. The van der Waals surface area contributed by atoms with Gasteiger partial charge in [0.1, 0.15) is 13.2 Å². The van der Waals surface area contributed by atoms with Crippen molar-refractivity contribution in [1.29, 1.82) is 0 Å². The maximum absolute atomic E-state index is 12.0. The van der Waals surface area contributed by atoms with Crippen LogP contribution >= 0.6 is 0 Å². The first-order valence-electron chi connectivity index (χ1n) is 18.8. The fourth-order valence-corrected chi connectivity index (χ4v) is 4.05. The second kappa shape index (κ2) is 42.9. The Hall–Kier alpha value is -1.50. The number of unbranched alkanes of at least 4 members (excludes halogenated alkanes) is 1. The molecule has 304 valence electrons. The lowest BCUT2D eigenvalue weighted by Gasteiger charge is -2.13. The van der Waals surface area contributed by atoms with E-state index in [0.29, 0.717) is 152 Å². The molecule has 1 unspecified atom stereocenters. The number of ether oxygens (including phenoxy) is 13. The van der Waals surface area contributed by atoms with E-state index in [2.05, 4.69) is 6.92 Å². The van der Waals surface area contributed by atoms with E-state index in [1.54, 1.807) is 0 Å². The quantitative estimate of drug-likeness (QED) is 0.0663. The van der Waals surface area contributed by atoms with E-state index in [-0.39, 0.29) is 31.1 Å². The molecule has 0 heterocycles. The van der Waals surface area contributed by atoms with Crippen LogP contribution in [-0.2, 0) is 71.2 Å². The highest BCUT2D eigenvalue weighted by molar-refractivity contribution is 5.72. The summed E-state index contributed by atoms with van der Waals surface area (Å²) in [5.74, 6) is -0.322. The molecule has 0 fully saturated rings. The van der Waals surface area contributed by atoms with Gasteiger partial charge in [0.15, 0.2) is 0 Å². The lowest BCUT2D eigenvalue weighted by molar-refractivity contribution is -0.150. The van der Waals surface area contributed by atoms with Crippen molar-refractivity contribution in [2.24, 2.45) is 5.92 Å². The van der Waals surface area contributed by atoms with Crippen LogP contribution in [0.2, 0.25) is 0 Å². The van der Waals surface area contributed by atoms with Crippen molar-refractivity contribution in [3.8, 4) is 0 Å². The van der Waals surface area contributed by atoms with E-state index in [9.17, 15) is 9.59 Å². The molecule has 1 atom stereocenters. The normalized spacial score (nSPS) is 12.0. The maximum Gasteiger partial charge on any atom is 0.308 e. The third-order valence-electron chi connectivity index (χ3n) is 6.87. The summed E-state index contributed by atoms with van der Waals surface area (Å²) in [6, 6.07) is 0. The largest absolute Gasteiger partial charge is 0.463 e. The molecule has 0 aliphatic rings. The minimum Gasteiger partial charge on any atom is -0.463 e. The fourth-order valence-electron chi connectivity index (χ4n) is 4.05. The van der Waals surface area contributed by atoms with Crippen LogP contribution in [0.15, 0.2) is 0 Å². The summed E-state index contributed by atoms with van der Waals surface area (Å²) < 4.78 is 70.3. The van der Waals surface area contributed by atoms with Crippen molar-refractivity contribution in [2.75, 3.05) is 159 Å². The molecule has 0 aromatic carbocycles. The van der Waals surface area contributed by atoms with Gasteiger partial charge in [0.05, 0.1) is 151 Å². The highest BCUT2D eigenvalue weighted by atomic mass is 16.6. The zero-order chi connectivity index (χ0) is 37.1. The van der Waals surface area contributed by atoms with E-state index in [0.717, 1.165) is 32.1 Å². The summed E-state index contributed by atoms with van der Waals surface area (Å²) in [7, 11) is 0. The zero-order valence-electron chi connectivity index (χ0n) is 31.9. The summed E-state index contributed by atoms with van der Waals surface area (Å²) in [6.07, 6.45) is 5.04. The van der Waals surface area contributed by atoms with Gasteiger partial charge in [-0.1, -0.05) is 33.6 Å². The molecule has 0 radical (unpaired) electrons. The standard InChI is InChI=1S/C36H70O15/c1-4-7-9-34(6-3)36(38)51-33-31-49-29-27-47-25-23-45-21-19-43-17-15-41-13-11-39-10-12-40-14-16-42-18-20-44-22-24-46-26-28-48-30-32-50-35(37)8-5-2/h34H,4-33H2,1-3H3. The van der Waals surface area contributed by atoms with E-state index >= 15 is 0 Å². The van der Waals surface area contributed by atoms with Crippen LogP contribution in [0.4, 0.5) is 0 Å². The van der Waals surface area contributed by atoms with Crippen LogP contribution in [0.1, 0.15) is 59.3 Å².